The Labute approximate surface area is 183 Å². The van der Waals surface area contributed by atoms with Crippen molar-refractivity contribution in [3.63, 3.8) is 0 Å². The fourth-order valence-corrected chi connectivity index (χ4v) is 6.39. The highest BCUT2D eigenvalue weighted by molar-refractivity contribution is 7.91. The highest BCUT2D eigenvalue weighted by Crippen LogP contribution is 2.46. The van der Waals surface area contributed by atoms with E-state index in [9.17, 15) is 13.2 Å². The zero-order valence-corrected chi connectivity index (χ0v) is 18.0. The van der Waals surface area contributed by atoms with Crippen LogP contribution in [0.1, 0.15) is 22.8 Å². The first-order valence-electron chi connectivity index (χ1n) is 8.98. The lowest BCUT2D eigenvalue weighted by Crippen LogP contribution is -2.23. The molecule has 0 aliphatic carbocycles. The number of ether oxygens (including phenoxy) is 1. The fourth-order valence-electron chi connectivity index (χ4n) is 3.36. The van der Waals surface area contributed by atoms with Crippen LogP contribution in [0.4, 0.5) is 5.69 Å². The third-order valence-corrected chi connectivity index (χ3v) is 8.04. The molecule has 0 unspecified atom stereocenters. The summed E-state index contributed by atoms with van der Waals surface area (Å²) in [7, 11) is -3.81. The van der Waals surface area contributed by atoms with Crippen LogP contribution in [0.5, 0.6) is 5.75 Å². The lowest BCUT2D eigenvalue weighted by molar-refractivity contribution is -0.116. The van der Waals surface area contributed by atoms with Gasteiger partial charge in [-0.3, -0.25) is 4.79 Å². The van der Waals surface area contributed by atoms with Crippen molar-refractivity contribution in [3.8, 4) is 18.1 Å². The second kappa shape index (κ2) is 8.15. The number of thiophene rings is 1. The zero-order chi connectivity index (χ0) is 21.3. The molecule has 2 heterocycles. The Morgan fingerprint density at radius 2 is 2.00 bits per heavy atom. The summed E-state index contributed by atoms with van der Waals surface area (Å²) in [6.07, 6.45) is 5.46. The number of hydrogen-bond donors (Lipinski definition) is 1. The van der Waals surface area contributed by atoms with Gasteiger partial charge in [-0.15, -0.1) is 17.8 Å². The molecule has 152 valence electrons. The third kappa shape index (κ3) is 3.82. The maximum absolute atomic E-state index is 13.2. The summed E-state index contributed by atoms with van der Waals surface area (Å²) in [5, 5.41) is 4.77. The van der Waals surface area contributed by atoms with E-state index in [-0.39, 0.29) is 34.6 Å². The molecular formula is C22H16ClNO4S2. The number of sulfone groups is 1. The van der Waals surface area contributed by atoms with E-state index in [1.165, 1.54) is 35.6 Å². The summed E-state index contributed by atoms with van der Waals surface area (Å²) in [5.74, 6) is 2.50. The number of carbonyl (C=O) groups excluding carboxylic acids is 1. The van der Waals surface area contributed by atoms with Crippen molar-refractivity contribution < 1.29 is 17.9 Å². The number of rotatable bonds is 5. The summed E-state index contributed by atoms with van der Waals surface area (Å²) in [5.41, 5.74) is 1.20. The van der Waals surface area contributed by atoms with Gasteiger partial charge < -0.3 is 10.1 Å². The Morgan fingerprint density at radius 1 is 1.23 bits per heavy atom. The number of nitrogens with one attached hydrogen (secondary N) is 1. The van der Waals surface area contributed by atoms with Gasteiger partial charge in [-0.05, 0) is 42.0 Å². The van der Waals surface area contributed by atoms with Crippen molar-refractivity contribution in [2.75, 3.05) is 11.9 Å². The van der Waals surface area contributed by atoms with Crippen molar-refractivity contribution in [3.05, 3.63) is 69.4 Å². The SMILES string of the molecule is C#CCOc1cccc([C@H]2CC(=O)Nc3c(S(=O)(=O)c4ccc(Cl)cc4)csc32)c1. The van der Waals surface area contributed by atoms with E-state index in [0.29, 0.717) is 16.5 Å². The molecule has 4 rings (SSSR count). The number of hydrogen-bond acceptors (Lipinski definition) is 5. The molecule has 3 aromatic rings. The van der Waals surface area contributed by atoms with E-state index in [0.717, 1.165) is 10.4 Å². The van der Waals surface area contributed by atoms with E-state index in [1.54, 1.807) is 11.4 Å². The number of terminal acetylenes is 1. The van der Waals surface area contributed by atoms with Gasteiger partial charge >= 0.3 is 0 Å². The maximum Gasteiger partial charge on any atom is 0.225 e. The van der Waals surface area contributed by atoms with E-state index >= 15 is 0 Å². The topological polar surface area (TPSA) is 72.5 Å². The third-order valence-electron chi connectivity index (χ3n) is 4.75. The van der Waals surface area contributed by atoms with E-state index < -0.39 is 9.84 Å². The minimum Gasteiger partial charge on any atom is -0.481 e. The number of halogens is 1. The molecule has 2 aromatic carbocycles. The average Bonchev–Trinajstić information content (AvgIpc) is 3.16. The normalized spacial score (nSPS) is 15.7. The Kier molecular flexibility index (Phi) is 5.56. The molecule has 0 radical (unpaired) electrons. The summed E-state index contributed by atoms with van der Waals surface area (Å²) in [6, 6.07) is 13.3. The van der Waals surface area contributed by atoms with Gasteiger partial charge in [-0.2, -0.15) is 0 Å². The summed E-state index contributed by atoms with van der Waals surface area (Å²) >= 11 is 7.19. The molecule has 5 nitrogen and oxygen atoms in total. The molecule has 30 heavy (non-hydrogen) atoms. The number of benzene rings is 2. The predicted octanol–water partition coefficient (Wildman–Crippen LogP) is 4.72. The minimum absolute atomic E-state index is 0.0857. The molecule has 0 spiro atoms. The van der Waals surface area contributed by atoms with Crippen LogP contribution in [-0.4, -0.2) is 20.9 Å². The molecule has 1 N–H and O–H groups in total. The van der Waals surface area contributed by atoms with Gasteiger partial charge in [0, 0.05) is 27.6 Å². The smallest absolute Gasteiger partial charge is 0.225 e. The molecule has 0 saturated heterocycles. The molecular weight excluding hydrogens is 442 g/mol. The number of amides is 1. The van der Waals surface area contributed by atoms with Gasteiger partial charge in [-0.25, -0.2) is 8.42 Å². The fraction of sp³-hybridized carbons (Fsp3) is 0.136. The zero-order valence-electron chi connectivity index (χ0n) is 15.6. The lowest BCUT2D eigenvalue weighted by Gasteiger charge is -2.24. The molecule has 1 amide bonds. The van der Waals surface area contributed by atoms with Crippen LogP contribution in [0.2, 0.25) is 5.02 Å². The summed E-state index contributed by atoms with van der Waals surface area (Å²) < 4.78 is 31.8. The summed E-state index contributed by atoms with van der Waals surface area (Å²) in [6.45, 7) is 0.141. The van der Waals surface area contributed by atoms with Crippen LogP contribution in [-0.2, 0) is 14.6 Å². The largest absolute Gasteiger partial charge is 0.481 e. The number of fused-ring (bicyclic) bond motifs is 1. The van der Waals surface area contributed by atoms with Crippen molar-refractivity contribution >= 4 is 44.4 Å². The van der Waals surface area contributed by atoms with E-state index in [4.69, 9.17) is 22.8 Å². The van der Waals surface area contributed by atoms with Crippen molar-refractivity contribution in [2.24, 2.45) is 0 Å². The summed E-state index contributed by atoms with van der Waals surface area (Å²) in [4.78, 5) is 13.4. The maximum atomic E-state index is 13.2. The Bertz CT molecular complexity index is 1260. The van der Waals surface area contributed by atoms with Crippen LogP contribution >= 0.6 is 22.9 Å². The van der Waals surface area contributed by atoms with Gasteiger partial charge in [0.25, 0.3) is 0 Å². The lowest BCUT2D eigenvalue weighted by atomic mass is 9.90. The molecule has 1 atom stereocenters. The van der Waals surface area contributed by atoms with Crippen LogP contribution in [0, 0.1) is 12.3 Å². The highest BCUT2D eigenvalue weighted by Gasteiger charge is 2.34. The predicted molar refractivity (Wildman–Crippen MR) is 117 cm³/mol. The Morgan fingerprint density at radius 3 is 2.73 bits per heavy atom. The van der Waals surface area contributed by atoms with Crippen LogP contribution in [0.15, 0.2) is 63.7 Å². The Hall–Kier alpha value is -2.79. The standard InChI is InChI=1S/C22H16ClNO4S2/c1-2-10-28-16-5-3-4-14(11-16)18-12-20(25)24-21-19(13-29-22(18)21)30(26,27)17-8-6-15(23)7-9-17/h1,3-9,11,13,18H,10,12H2,(H,24,25)/t18-/m1/s1. The molecule has 0 bridgehead atoms. The first-order valence-corrected chi connectivity index (χ1v) is 11.7. The van der Waals surface area contributed by atoms with Gasteiger partial charge in [0.1, 0.15) is 17.3 Å². The van der Waals surface area contributed by atoms with Crippen molar-refractivity contribution in [2.45, 2.75) is 22.1 Å². The van der Waals surface area contributed by atoms with Crippen molar-refractivity contribution in [1.29, 1.82) is 0 Å². The van der Waals surface area contributed by atoms with Crippen LogP contribution < -0.4 is 10.1 Å². The van der Waals surface area contributed by atoms with E-state index in [2.05, 4.69) is 11.2 Å². The number of carbonyl (C=O) groups is 1. The van der Waals surface area contributed by atoms with Gasteiger partial charge in [0.2, 0.25) is 15.7 Å². The minimum atomic E-state index is -3.81. The second-order valence-electron chi connectivity index (χ2n) is 6.67. The first kappa shape index (κ1) is 20.5. The van der Waals surface area contributed by atoms with Gasteiger partial charge in [0.05, 0.1) is 10.6 Å². The number of anilines is 1. The molecule has 8 heteroatoms. The first-order chi connectivity index (χ1) is 14.4. The molecule has 0 saturated carbocycles. The molecule has 1 aromatic heterocycles. The quantitative estimate of drug-likeness (QED) is 0.562. The monoisotopic (exact) mass is 457 g/mol. The van der Waals surface area contributed by atoms with Crippen LogP contribution in [0.25, 0.3) is 0 Å². The van der Waals surface area contributed by atoms with Gasteiger partial charge in [-0.1, -0.05) is 29.7 Å². The molecule has 0 fully saturated rings. The van der Waals surface area contributed by atoms with E-state index in [1.807, 2.05) is 18.2 Å². The Balaban J connectivity index is 1.76. The van der Waals surface area contributed by atoms with Gasteiger partial charge in [0.15, 0.2) is 0 Å². The molecule has 1 aliphatic heterocycles. The van der Waals surface area contributed by atoms with Crippen LogP contribution in [0.3, 0.4) is 0 Å². The molecule has 1 aliphatic rings. The second-order valence-corrected chi connectivity index (χ2v) is 9.93. The average molecular weight is 458 g/mol. The highest BCUT2D eigenvalue weighted by atomic mass is 35.5. The van der Waals surface area contributed by atoms with Crippen molar-refractivity contribution in [1.82, 2.24) is 0 Å².